The van der Waals surface area contributed by atoms with Gasteiger partial charge in [-0.2, -0.15) is 0 Å². The van der Waals surface area contributed by atoms with Crippen molar-refractivity contribution in [3.05, 3.63) is 0 Å². The molecule has 3 atom stereocenters. The van der Waals surface area contributed by atoms with Crippen LogP contribution in [0.3, 0.4) is 0 Å². The van der Waals surface area contributed by atoms with E-state index in [9.17, 15) is 14.4 Å². The number of hydrogen-bond acceptors (Lipinski definition) is 4. The van der Waals surface area contributed by atoms with Gasteiger partial charge in [-0.15, -0.1) is 0 Å². The summed E-state index contributed by atoms with van der Waals surface area (Å²) >= 11 is 0. The number of carbonyl (C=O) groups is 3. The molecule has 0 aliphatic heterocycles. The first-order valence-electron chi connectivity index (χ1n) is 11.5. The summed E-state index contributed by atoms with van der Waals surface area (Å²) in [5.41, 5.74) is 0. The number of carbonyl (C=O) groups excluding carboxylic acids is 3. The van der Waals surface area contributed by atoms with E-state index in [-0.39, 0.29) is 29.6 Å². The maximum absolute atomic E-state index is 11.0. The number of hydrogen-bond donors (Lipinski definition) is 1. The Balaban J connectivity index is -0.000000364. The van der Waals surface area contributed by atoms with Crippen molar-refractivity contribution in [1.29, 1.82) is 0 Å². The summed E-state index contributed by atoms with van der Waals surface area (Å²) in [6.07, 6.45) is 3.60. The molecule has 0 aliphatic carbocycles. The zero-order valence-electron chi connectivity index (χ0n) is 21.9. The van der Waals surface area contributed by atoms with Crippen molar-refractivity contribution in [3.63, 3.8) is 0 Å². The summed E-state index contributed by atoms with van der Waals surface area (Å²) in [6.45, 7) is 20.5. The Morgan fingerprint density at radius 1 is 0.700 bits per heavy atom. The van der Waals surface area contributed by atoms with Crippen LogP contribution in [0.25, 0.3) is 0 Å². The summed E-state index contributed by atoms with van der Waals surface area (Å²) in [5, 5.41) is 2.63. The van der Waals surface area contributed by atoms with Crippen LogP contribution in [0.1, 0.15) is 94.9 Å². The molecule has 0 aromatic carbocycles. The summed E-state index contributed by atoms with van der Waals surface area (Å²) in [7, 11) is 3.11. The molecule has 0 aromatic rings. The molecule has 0 aliphatic rings. The molecule has 30 heavy (non-hydrogen) atoms. The second kappa shape index (κ2) is 19.6. The Morgan fingerprint density at radius 2 is 1.07 bits per heavy atom. The average Bonchev–Trinajstić information content (AvgIpc) is 2.65. The van der Waals surface area contributed by atoms with Gasteiger partial charge in [0.2, 0.25) is 5.91 Å². The van der Waals surface area contributed by atoms with Crippen molar-refractivity contribution in [3.8, 4) is 0 Å². The highest BCUT2D eigenvalue weighted by molar-refractivity contribution is 5.80. The van der Waals surface area contributed by atoms with Gasteiger partial charge < -0.3 is 10.1 Å². The third-order valence-electron chi connectivity index (χ3n) is 4.67. The Morgan fingerprint density at radius 3 is 1.37 bits per heavy atom. The Kier molecular flexibility index (Phi) is 21.7. The molecule has 0 saturated heterocycles. The average molecular weight is 430 g/mol. The van der Waals surface area contributed by atoms with E-state index >= 15 is 0 Å². The standard InChI is InChI=1S/C9H18O.C8H17NO.C8H16O2/c1-5-9(10)8(4)6-7(2)3;1-6(2)5-7(3)8(10)9-4;1-6(2)5-7(3)8(9)10-4/h7-8H,5-6H2,1-4H3;6-7H,5H2,1-4H3,(H,9,10);6-7H,5H2,1-4H3. The van der Waals surface area contributed by atoms with Crippen molar-refractivity contribution in [2.75, 3.05) is 14.2 Å². The molecular formula is C25H51NO4. The predicted octanol–water partition coefficient (Wildman–Crippen LogP) is 5.90. The van der Waals surface area contributed by atoms with E-state index in [1.165, 1.54) is 7.11 Å². The highest BCUT2D eigenvalue weighted by atomic mass is 16.5. The lowest BCUT2D eigenvalue weighted by Crippen LogP contribution is -2.26. The molecule has 1 amide bonds. The Hall–Kier alpha value is -1.39. The van der Waals surface area contributed by atoms with Gasteiger partial charge in [0.1, 0.15) is 5.78 Å². The van der Waals surface area contributed by atoms with Gasteiger partial charge in [0.05, 0.1) is 13.0 Å². The van der Waals surface area contributed by atoms with Gasteiger partial charge in [0, 0.05) is 25.3 Å². The minimum absolute atomic E-state index is 0.0463. The van der Waals surface area contributed by atoms with Gasteiger partial charge >= 0.3 is 5.97 Å². The summed E-state index contributed by atoms with van der Waals surface area (Å²) in [4.78, 5) is 32.8. The maximum atomic E-state index is 11.0. The number of rotatable bonds is 10. The van der Waals surface area contributed by atoms with Crippen LogP contribution in [0.15, 0.2) is 0 Å². The molecule has 5 heteroatoms. The number of methoxy groups -OCH3 is 1. The van der Waals surface area contributed by atoms with Gasteiger partial charge in [-0.05, 0) is 37.0 Å². The molecule has 3 unspecified atom stereocenters. The first kappa shape index (κ1) is 33.3. The number of ether oxygens (including phenoxy) is 1. The summed E-state index contributed by atoms with van der Waals surface area (Å²) < 4.78 is 4.57. The van der Waals surface area contributed by atoms with E-state index < -0.39 is 0 Å². The van der Waals surface area contributed by atoms with Crippen LogP contribution >= 0.6 is 0 Å². The lowest BCUT2D eigenvalue weighted by atomic mass is 9.94. The number of ketones is 1. The van der Waals surface area contributed by atoms with Crippen LogP contribution in [0.2, 0.25) is 0 Å². The molecule has 5 nitrogen and oxygen atoms in total. The number of nitrogens with one attached hydrogen (secondary N) is 1. The molecule has 0 rings (SSSR count). The predicted molar refractivity (Wildman–Crippen MR) is 127 cm³/mol. The molecule has 0 spiro atoms. The van der Waals surface area contributed by atoms with Crippen molar-refractivity contribution in [1.82, 2.24) is 5.32 Å². The van der Waals surface area contributed by atoms with Gasteiger partial charge in [0.15, 0.2) is 0 Å². The van der Waals surface area contributed by atoms with Crippen molar-refractivity contribution in [2.24, 2.45) is 35.5 Å². The fourth-order valence-electron chi connectivity index (χ4n) is 3.25. The molecule has 0 heterocycles. The van der Waals surface area contributed by atoms with Crippen LogP contribution in [0, 0.1) is 35.5 Å². The van der Waals surface area contributed by atoms with Gasteiger partial charge in [-0.1, -0.05) is 69.2 Å². The topological polar surface area (TPSA) is 72.5 Å². The van der Waals surface area contributed by atoms with E-state index in [2.05, 4.69) is 51.6 Å². The summed E-state index contributed by atoms with van der Waals surface area (Å²) in [6, 6.07) is 0. The van der Waals surface area contributed by atoms with Crippen LogP contribution in [0.4, 0.5) is 0 Å². The van der Waals surface area contributed by atoms with Crippen LogP contribution in [-0.2, 0) is 19.1 Å². The molecule has 0 fully saturated rings. The largest absolute Gasteiger partial charge is 0.469 e. The number of esters is 1. The van der Waals surface area contributed by atoms with Gasteiger partial charge in [-0.3, -0.25) is 14.4 Å². The highest BCUT2D eigenvalue weighted by Gasteiger charge is 2.14. The van der Waals surface area contributed by atoms with E-state index in [4.69, 9.17) is 0 Å². The maximum Gasteiger partial charge on any atom is 0.308 e. The fourth-order valence-corrected chi connectivity index (χ4v) is 3.25. The van der Waals surface area contributed by atoms with Crippen molar-refractivity contribution < 1.29 is 19.1 Å². The lowest BCUT2D eigenvalue weighted by Gasteiger charge is -2.11. The lowest BCUT2D eigenvalue weighted by molar-refractivity contribution is -0.145. The minimum Gasteiger partial charge on any atom is -0.469 e. The second-order valence-electron chi connectivity index (χ2n) is 9.55. The normalized spacial score (nSPS) is 13.4. The molecule has 0 bridgehead atoms. The zero-order valence-corrected chi connectivity index (χ0v) is 21.9. The molecule has 0 aromatic heterocycles. The van der Waals surface area contributed by atoms with Crippen LogP contribution < -0.4 is 5.32 Å². The molecule has 0 saturated carbocycles. The smallest absolute Gasteiger partial charge is 0.308 e. The Labute approximate surface area is 187 Å². The third-order valence-corrected chi connectivity index (χ3v) is 4.67. The zero-order chi connectivity index (χ0) is 24.4. The van der Waals surface area contributed by atoms with Crippen molar-refractivity contribution in [2.45, 2.75) is 94.9 Å². The van der Waals surface area contributed by atoms with Crippen LogP contribution in [0.5, 0.6) is 0 Å². The van der Waals surface area contributed by atoms with Gasteiger partial charge in [0.25, 0.3) is 0 Å². The number of amides is 1. The highest BCUT2D eigenvalue weighted by Crippen LogP contribution is 2.13. The monoisotopic (exact) mass is 429 g/mol. The first-order chi connectivity index (χ1) is 13.7. The quantitative estimate of drug-likeness (QED) is 0.439. The first-order valence-corrected chi connectivity index (χ1v) is 11.5. The van der Waals surface area contributed by atoms with Crippen molar-refractivity contribution >= 4 is 17.7 Å². The van der Waals surface area contributed by atoms with E-state index in [0.29, 0.717) is 30.0 Å². The molecule has 0 radical (unpaired) electrons. The van der Waals surface area contributed by atoms with E-state index in [0.717, 1.165) is 19.3 Å². The molecule has 1 N–H and O–H groups in total. The molecular weight excluding hydrogens is 378 g/mol. The minimum atomic E-state index is -0.103. The van der Waals surface area contributed by atoms with Crippen LogP contribution in [-0.4, -0.2) is 31.8 Å². The van der Waals surface area contributed by atoms with E-state index in [1.54, 1.807) is 7.05 Å². The second-order valence-corrected chi connectivity index (χ2v) is 9.55. The summed E-state index contributed by atoms with van der Waals surface area (Å²) in [5.74, 6) is 2.72. The van der Waals surface area contributed by atoms with Gasteiger partial charge in [-0.25, -0.2) is 0 Å². The fraction of sp³-hybridized carbons (Fsp3) is 0.880. The SMILES string of the molecule is CCC(=O)C(C)CC(C)C.CNC(=O)C(C)CC(C)C.COC(=O)C(C)CC(C)C. The third kappa shape index (κ3) is 21.3. The number of Topliss-reactive ketones (excluding diaryl/α,β-unsaturated/α-hetero) is 1. The molecule has 180 valence electrons. The van der Waals surface area contributed by atoms with E-state index in [1.807, 2.05) is 27.7 Å². The Bertz CT molecular complexity index is 391.